The molecule has 1 aliphatic heterocycles. The van der Waals surface area contributed by atoms with Gasteiger partial charge in [-0.25, -0.2) is 0 Å². The van der Waals surface area contributed by atoms with Gasteiger partial charge < -0.3 is 20.4 Å². The van der Waals surface area contributed by atoms with Gasteiger partial charge in [-0.2, -0.15) is 11.3 Å². The number of hydrogen-bond acceptors (Lipinski definition) is 4. The molecular formula is C17H32IN5S. The highest BCUT2D eigenvalue weighted by Crippen LogP contribution is 2.05. The van der Waals surface area contributed by atoms with E-state index in [2.05, 4.69) is 49.2 Å². The number of likely N-dealkylation sites (N-methyl/N-ethyl adjacent to an activating group) is 1. The van der Waals surface area contributed by atoms with Crippen LogP contribution in [0.4, 0.5) is 0 Å². The van der Waals surface area contributed by atoms with Crippen LogP contribution in [0.3, 0.4) is 0 Å². The first kappa shape index (κ1) is 21.7. The van der Waals surface area contributed by atoms with Gasteiger partial charge in [0.2, 0.25) is 0 Å². The summed E-state index contributed by atoms with van der Waals surface area (Å²) in [6.07, 6.45) is 2.44. The Hall–Kier alpha value is -0.380. The standard InChI is InChI=1S/C17H31N5S.HI/c1-3-21-9-11-22(12-10-21)8-5-4-7-19-17(18-2)20-14-16-6-13-23-15-16;/h6,13,15H,3-5,7-12,14H2,1-2H3,(H2,18,19,20);1H. The molecule has 2 rings (SSSR count). The van der Waals surface area contributed by atoms with E-state index in [1.54, 1.807) is 11.3 Å². The number of halogens is 1. The smallest absolute Gasteiger partial charge is 0.191 e. The SMILES string of the molecule is CCN1CCN(CCCCNC(=NC)NCc2ccsc2)CC1.I. The monoisotopic (exact) mass is 465 g/mol. The van der Waals surface area contributed by atoms with Crippen LogP contribution in [-0.4, -0.2) is 68.6 Å². The highest BCUT2D eigenvalue weighted by atomic mass is 127. The Balaban J connectivity index is 0.00000288. The molecule has 1 aromatic rings. The predicted molar refractivity (Wildman–Crippen MR) is 116 cm³/mol. The molecule has 0 aliphatic carbocycles. The highest BCUT2D eigenvalue weighted by molar-refractivity contribution is 14.0. The Morgan fingerprint density at radius 2 is 1.92 bits per heavy atom. The van der Waals surface area contributed by atoms with Crippen LogP contribution in [0, 0.1) is 0 Å². The Bertz CT molecular complexity index is 444. The Labute approximate surface area is 167 Å². The maximum atomic E-state index is 4.27. The maximum Gasteiger partial charge on any atom is 0.191 e. The number of rotatable bonds is 8. The van der Waals surface area contributed by atoms with E-state index in [1.807, 2.05) is 7.05 Å². The summed E-state index contributed by atoms with van der Waals surface area (Å²) in [5.41, 5.74) is 1.31. The second-order valence-electron chi connectivity index (χ2n) is 5.97. The van der Waals surface area contributed by atoms with Gasteiger partial charge >= 0.3 is 0 Å². The summed E-state index contributed by atoms with van der Waals surface area (Å²) in [6, 6.07) is 2.14. The Kier molecular flexibility index (Phi) is 11.7. The lowest BCUT2D eigenvalue weighted by Crippen LogP contribution is -2.46. The molecule has 1 aromatic heterocycles. The molecule has 0 bridgehead atoms. The van der Waals surface area contributed by atoms with Gasteiger partial charge in [-0.05, 0) is 48.3 Å². The van der Waals surface area contributed by atoms with Crippen LogP contribution in [0.2, 0.25) is 0 Å². The van der Waals surface area contributed by atoms with Crippen molar-refractivity contribution in [3.8, 4) is 0 Å². The van der Waals surface area contributed by atoms with E-state index in [-0.39, 0.29) is 24.0 Å². The zero-order chi connectivity index (χ0) is 16.3. The molecule has 0 spiro atoms. The summed E-state index contributed by atoms with van der Waals surface area (Å²) in [7, 11) is 1.83. The van der Waals surface area contributed by atoms with Crippen molar-refractivity contribution in [1.29, 1.82) is 0 Å². The van der Waals surface area contributed by atoms with Crippen molar-refractivity contribution < 1.29 is 0 Å². The zero-order valence-electron chi connectivity index (χ0n) is 15.0. The molecule has 0 amide bonds. The first-order valence-electron chi connectivity index (χ1n) is 8.72. The minimum atomic E-state index is 0. The molecule has 5 nitrogen and oxygen atoms in total. The van der Waals surface area contributed by atoms with Crippen molar-refractivity contribution in [2.45, 2.75) is 26.3 Å². The summed E-state index contributed by atoms with van der Waals surface area (Å²) in [4.78, 5) is 9.40. The molecule has 24 heavy (non-hydrogen) atoms. The molecule has 0 saturated carbocycles. The van der Waals surface area contributed by atoms with Crippen LogP contribution in [0.15, 0.2) is 21.8 Å². The molecule has 1 saturated heterocycles. The van der Waals surface area contributed by atoms with Crippen molar-refractivity contribution in [2.75, 3.05) is 52.9 Å². The highest BCUT2D eigenvalue weighted by Gasteiger charge is 2.14. The topological polar surface area (TPSA) is 42.9 Å². The normalized spacial score (nSPS) is 16.7. The van der Waals surface area contributed by atoms with E-state index in [4.69, 9.17) is 0 Å². The fraction of sp³-hybridized carbons (Fsp3) is 0.706. The Morgan fingerprint density at radius 3 is 2.54 bits per heavy atom. The third-order valence-corrected chi connectivity index (χ3v) is 5.10. The van der Waals surface area contributed by atoms with E-state index < -0.39 is 0 Å². The first-order valence-corrected chi connectivity index (χ1v) is 9.66. The van der Waals surface area contributed by atoms with E-state index in [0.29, 0.717) is 0 Å². The maximum absolute atomic E-state index is 4.27. The average molecular weight is 465 g/mol. The van der Waals surface area contributed by atoms with Crippen molar-refractivity contribution in [1.82, 2.24) is 20.4 Å². The van der Waals surface area contributed by atoms with Crippen LogP contribution >= 0.6 is 35.3 Å². The van der Waals surface area contributed by atoms with E-state index in [0.717, 1.165) is 19.0 Å². The van der Waals surface area contributed by atoms with Gasteiger partial charge in [-0.15, -0.1) is 24.0 Å². The fourth-order valence-electron chi connectivity index (χ4n) is 2.80. The molecule has 2 heterocycles. The molecule has 0 radical (unpaired) electrons. The molecule has 0 aromatic carbocycles. The number of piperazine rings is 1. The van der Waals surface area contributed by atoms with Crippen LogP contribution in [0.1, 0.15) is 25.3 Å². The lowest BCUT2D eigenvalue weighted by atomic mass is 10.2. The molecule has 7 heteroatoms. The lowest BCUT2D eigenvalue weighted by Gasteiger charge is -2.34. The van der Waals surface area contributed by atoms with Crippen LogP contribution in [-0.2, 0) is 6.54 Å². The molecule has 2 N–H and O–H groups in total. The second-order valence-corrected chi connectivity index (χ2v) is 6.75. The van der Waals surface area contributed by atoms with Gasteiger partial charge in [-0.3, -0.25) is 4.99 Å². The summed E-state index contributed by atoms with van der Waals surface area (Å²) in [5.74, 6) is 0.896. The predicted octanol–water partition coefficient (Wildman–Crippen LogP) is 2.45. The number of aliphatic imine (C=N–C) groups is 1. The van der Waals surface area contributed by atoms with E-state index >= 15 is 0 Å². The van der Waals surface area contributed by atoms with Gasteiger partial charge in [0, 0.05) is 46.3 Å². The molecule has 1 aliphatic rings. The lowest BCUT2D eigenvalue weighted by molar-refractivity contribution is 0.136. The number of guanidine groups is 1. The minimum absolute atomic E-state index is 0. The zero-order valence-corrected chi connectivity index (χ0v) is 18.1. The van der Waals surface area contributed by atoms with Crippen LogP contribution < -0.4 is 10.6 Å². The molecular weight excluding hydrogens is 433 g/mol. The molecule has 0 unspecified atom stereocenters. The summed E-state index contributed by atoms with van der Waals surface area (Å²) in [5, 5.41) is 11.0. The van der Waals surface area contributed by atoms with Crippen LogP contribution in [0.5, 0.6) is 0 Å². The van der Waals surface area contributed by atoms with Gasteiger partial charge in [0.05, 0.1) is 0 Å². The molecule has 0 atom stereocenters. The number of thiophene rings is 1. The second kappa shape index (κ2) is 12.9. The first-order chi connectivity index (χ1) is 11.3. The average Bonchev–Trinajstić information content (AvgIpc) is 3.11. The van der Waals surface area contributed by atoms with Crippen LogP contribution in [0.25, 0.3) is 0 Å². The number of nitrogens with zero attached hydrogens (tertiary/aromatic N) is 3. The third kappa shape index (κ3) is 8.13. The summed E-state index contributed by atoms with van der Waals surface area (Å²) in [6.45, 7) is 11.4. The van der Waals surface area contributed by atoms with Gasteiger partial charge in [0.1, 0.15) is 0 Å². The Morgan fingerprint density at radius 1 is 1.17 bits per heavy atom. The summed E-state index contributed by atoms with van der Waals surface area (Å²) >= 11 is 1.73. The van der Waals surface area contributed by atoms with Crippen molar-refractivity contribution >= 4 is 41.3 Å². The minimum Gasteiger partial charge on any atom is -0.356 e. The third-order valence-electron chi connectivity index (χ3n) is 4.37. The van der Waals surface area contributed by atoms with E-state index in [1.165, 1.54) is 57.7 Å². The number of nitrogens with one attached hydrogen (secondary N) is 2. The number of unbranched alkanes of at least 4 members (excludes halogenated alkanes) is 1. The fourth-order valence-corrected chi connectivity index (χ4v) is 3.46. The van der Waals surface area contributed by atoms with Gasteiger partial charge in [0.15, 0.2) is 5.96 Å². The van der Waals surface area contributed by atoms with Crippen molar-refractivity contribution in [3.63, 3.8) is 0 Å². The molecule has 1 fully saturated rings. The summed E-state index contributed by atoms with van der Waals surface area (Å²) < 4.78 is 0. The van der Waals surface area contributed by atoms with Crippen molar-refractivity contribution in [2.24, 2.45) is 4.99 Å². The van der Waals surface area contributed by atoms with E-state index in [9.17, 15) is 0 Å². The van der Waals surface area contributed by atoms with Gasteiger partial charge in [0.25, 0.3) is 0 Å². The van der Waals surface area contributed by atoms with Gasteiger partial charge in [-0.1, -0.05) is 6.92 Å². The van der Waals surface area contributed by atoms with Crippen molar-refractivity contribution in [3.05, 3.63) is 22.4 Å². The largest absolute Gasteiger partial charge is 0.356 e. The molecule has 138 valence electrons. The number of hydrogen-bond donors (Lipinski definition) is 2. The quantitative estimate of drug-likeness (QED) is 0.268.